The molecular formula is C25H28N2O4S. The SMILES string of the molecule is CC[C@H](Oc1cc(C)ccc1C)C(=O)Nc1ccc(S(=O)(=O)Nc2ccccc2C)cc1. The van der Waals surface area contributed by atoms with Crippen LogP contribution in [0.15, 0.2) is 71.6 Å². The predicted molar refractivity (Wildman–Crippen MR) is 128 cm³/mol. The number of para-hydroxylation sites is 1. The number of carbonyl (C=O) groups is 1. The van der Waals surface area contributed by atoms with Gasteiger partial charge in [-0.1, -0.05) is 37.3 Å². The first-order valence-corrected chi connectivity index (χ1v) is 11.9. The van der Waals surface area contributed by atoms with Crippen LogP contribution in [0, 0.1) is 20.8 Å². The smallest absolute Gasteiger partial charge is 0.265 e. The number of hydrogen-bond acceptors (Lipinski definition) is 4. The number of aryl methyl sites for hydroxylation is 3. The molecule has 0 aliphatic carbocycles. The van der Waals surface area contributed by atoms with Crippen LogP contribution < -0.4 is 14.8 Å². The van der Waals surface area contributed by atoms with Crippen molar-refractivity contribution >= 4 is 27.3 Å². The second kappa shape index (κ2) is 9.87. The molecule has 0 saturated carbocycles. The summed E-state index contributed by atoms with van der Waals surface area (Å²) < 4.78 is 33.9. The van der Waals surface area contributed by atoms with Crippen LogP contribution >= 0.6 is 0 Å². The fourth-order valence-electron chi connectivity index (χ4n) is 3.14. The molecule has 3 rings (SSSR count). The number of ether oxygens (including phenoxy) is 1. The van der Waals surface area contributed by atoms with Crippen LogP contribution in [0.25, 0.3) is 0 Å². The van der Waals surface area contributed by atoms with Gasteiger partial charge in [0, 0.05) is 5.69 Å². The summed E-state index contributed by atoms with van der Waals surface area (Å²) >= 11 is 0. The van der Waals surface area contributed by atoms with E-state index < -0.39 is 16.1 Å². The van der Waals surface area contributed by atoms with Gasteiger partial charge in [-0.25, -0.2) is 8.42 Å². The number of anilines is 2. The van der Waals surface area contributed by atoms with E-state index >= 15 is 0 Å². The van der Waals surface area contributed by atoms with Gasteiger partial charge >= 0.3 is 0 Å². The van der Waals surface area contributed by atoms with Gasteiger partial charge < -0.3 is 10.1 Å². The zero-order chi connectivity index (χ0) is 23.3. The summed E-state index contributed by atoms with van der Waals surface area (Å²) in [4.78, 5) is 12.8. The van der Waals surface area contributed by atoms with Gasteiger partial charge in [0.15, 0.2) is 6.10 Å². The maximum absolute atomic E-state index is 12.7. The highest BCUT2D eigenvalue weighted by Gasteiger charge is 2.20. The second-order valence-corrected chi connectivity index (χ2v) is 9.40. The molecule has 32 heavy (non-hydrogen) atoms. The van der Waals surface area contributed by atoms with E-state index in [1.165, 1.54) is 12.1 Å². The first-order chi connectivity index (χ1) is 15.2. The minimum Gasteiger partial charge on any atom is -0.480 e. The lowest BCUT2D eigenvalue weighted by atomic mass is 10.1. The van der Waals surface area contributed by atoms with Gasteiger partial charge in [-0.05, 0) is 80.3 Å². The summed E-state index contributed by atoms with van der Waals surface area (Å²) in [6.07, 6.45) is -0.173. The molecule has 168 valence electrons. The molecule has 0 aliphatic heterocycles. The molecule has 1 atom stereocenters. The first-order valence-electron chi connectivity index (χ1n) is 10.4. The van der Waals surface area contributed by atoms with Gasteiger partial charge in [-0.2, -0.15) is 0 Å². The Hall–Kier alpha value is -3.32. The summed E-state index contributed by atoms with van der Waals surface area (Å²) in [6, 6.07) is 19.1. The number of benzene rings is 3. The van der Waals surface area contributed by atoms with Crippen molar-refractivity contribution in [3.63, 3.8) is 0 Å². The molecule has 3 aromatic carbocycles. The van der Waals surface area contributed by atoms with Crippen molar-refractivity contribution in [2.75, 3.05) is 10.0 Å². The molecule has 7 heteroatoms. The van der Waals surface area contributed by atoms with Crippen LogP contribution in [0.2, 0.25) is 0 Å². The largest absolute Gasteiger partial charge is 0.480 e. The van der Waals surface area contributed by atoms with Gasteiger partial charge in [0.25, 0.3) is 15.9 Å². The van der Waals surface area contributed by atoms with Gasteiger partial charge in [-0.15, -0.1) is 0 Å². The number of sulfonamides is 1. The van der Waals surface area contributed by atoms with Crippen molar-refractivity contribution in [2.45, 2.75) is 45.1 Å². The third kappa shape index (κ3) is 5.68. The molecule has 0 radical (unpaired) electrons. The summed E-state index contributed by atoms with van der Waals surface area (Å²) in [6.45, 7) is 7.61. The molecule has 0 bridgehead atoms. The van der Waals surface area contributed by atoms with Crippen molar-refractivity contribution < 1.29 is 17.9 Å². The Kier molecular flexibility index (Phi) is 7.20. The average molecular weight is 453 g/mol. The van der Waals surface area contributed by atoms with Crippen molar-refractivity contribution in [2.24, 2.45) is 0 Å². The molecular weight excluding hydrogens is 424 g/mol. The highest BCUT2D eigenvalue weighted by Crippen LogP contribution is 2.23. The van der Waals surface area contributed by atoms with Crippen molar-refractivity contribution in [3.05, 3.63) is 83.4 Å². The molecule has 0 heterocycles. The standard InChI is InChI=1S/C25H28N2O4S/c1-5-23(31-24-16-17(2)10-11-19(24)4)25(28)26-20-12-14-21(15-13-20)32(29,30)27-22-9-7-6-8-18(22)3/h6-16,23,27H,5H2,1-4H3,(H,26,28)/t23-/m0/s1. The maximum atomic E-state index is 12.7. The number of carbonyl (C=O) groups excluding carboxylic acids is 1. The number of nitrogens with one attached hydrogen (secondary N) is 2. The molecule has 0 fully saturated rings. The molecule has 0 saturated heterocycles. The van der Waals surface area contributed by atoms with Crippen LogP contribution in [0.3, 0.4) is 0 Å². The van der Waals surface area contributed by atoms with E-state index in [0.29, 0.717) is 23.5 Å². The minimum absolute atomic E-state index is 0.109. The van der Waals surface area contributed by atoms with E-state index in [9.17, 15) is 13.2 Å². The Balaban J connectivity index is 1.69. The molecule has 6 nitrogen and oxygen atoms in total. The van der Waals surface area contributed by atoms with Crippen molar-refractivity contribution in [1.82, 2.24) is 0 Å². The monoisotopic (exact) mass is 452 g/mol. The third-order valence-electron chi connectivity index (χ3n) is 5.10. The zero-order valence-corrected chi connectivity index (χ0v) is 19.5. The highest BCUT2D eigenvalue weighted by atomic mass is 32.2. The summed E-state index contributed by atoms with van der Waals surface area (Å²) in [5.41, 5.74) is 3.86. The van der Waals surface area contributed by atoms with Gasteiger partial charge in [-0.3, -0.25) is 9.52 Å². The average Bonchev–Trinajstić information content (AvgIpc) is 2.76. The zero-order valence-electron chi connectivity index (χ0n) is 18.7. The van der Waals surface area contributed by atoms with E-state index in [1.807, 2.05) is 58.0 Å². The van der Waals surface area contributed by atoms with Crippen LogP contribution in [0.1, 0.15) is 30.0 Å². The van der Waals surface area contributed by atoms with Crippen molar-refractivity contribution in [3.8, 4) is 5.75 Å². The Morgan fingerprint density at radius 1 is 0.938 bits per heavy atom. The Morgan fingerprint density at radius 2 is 1.62 bits per heavy atom. The van der Waals surface area contributed by atoms with Gasteiger partial charge in [0.2, 0.25) is 0 Å². The Morgan fingerprint density at radius 3 is 2.28 bits per heavy atom. The van der Waals surface area contributed by atoms with E-state index in [1.54, 1.807) is 24.3 Å². The minimum atomic E-state index is -3.74. The second-order valence-electron chi connectivity index (χ2n) is 7.72. The van der Waals surface area contributed by atoms with E-state index in [0.717, 1.165) is 16.7 Å². The molecule has 0 aliphatic rings. The Labute approximate surface area is 189 Å². The molecule has 0 spiro atoms. The lowest BCUT2D eigenvalue weighted by Gasteiger charge is -2.19. The summed E-state index contributed by atoms with van der Waals surface area (Å²) in [7, 11) is -3.74. The van der Waals surface area contributed by atoms with Crippen LogP contribution in [-0.4, -0.2) is 20.4 Å². The number of rotatable bonds is 8. The lowest BCUT2D eigenvalue weighted by Crippen LogP contribution is -2.32. The molecule has 0 unspecified atom stereocenters. The quantitative estimate of drug-likeness (QED) is 0.491. The van der Waals surface area contributed by atoms with Gasteiger partial charge in [0.05, 0.1) is 10.6 Å². The number of hydrogen-bond donors (Lipinski definition) is 2. The van der Waals surface area contributed by atoms with Crippen molar-refractivity contribution in [1.29, 1.82) is 0 Å². The first kappa shape index (κ1) is 23.3. The van der Waals surface area contributed by atoms with Crippen LogP contribution in [-0.2, 0) is 14.8 Å². The molecule has 2 N–H and O–H groups in total. The van der Waals surface area contributed by atoms with E-state index in [4.69, 9.17) is 4.74 Å². The van der Waals surface area contributed by atoms with E-state index in [-0.39, 0.29) is 10.8 Å². The van der Waals surface area contributed by atoms with E-state index in [2.05, 4.69) is 10.0 Å². The fourth-order valence-corrected chi connectivity index (χ4v) is 4.27. The summed E-state index contributed by atoms with van der Waals surface area (Å²) in [5.74, 6) is 0.387. The molecule has 0 aromatic heterocycles. The number of amides is 1. The molecule has 1 amide bonds. The normalized spacial score (nSPS) is 12.1. The lowest BCUT2D eigenvalue weighted by molar-refractivity contribution is -0.122. The van der Waals surface area contributed by atoms with Crippen LogP contribution in [0.5, 0.6) is 5.75 Å². The maximum Gasteiger partial charge on any atom is 0.265 e. The molecule has 3 aromatic rings. The predicted octanol–water partition coefficient (Wildman–Crippen LogP) is 5.21. The van der Waals surface area contributed by atoms with Crippen LogP contribution in [0.4, 0.5) is 11.4 Å². The third-order valence-corrected chi connectivity index (χ3v) is 6.48. The van der Waals surface area contributed by atoms with Gasteiger partial charge in [0.1, 0.15) is 5.75 Å². The Bertz CT molecular complexity index is 1200. The highest BCUT2D eigenvalue weighted by molar-refractivity contribution is 7.92. The fraction of sp³-hybridized carbons (Fsp3) is 0.240. The summed E-state index contributed by atoms with van der Waals surface area (Å²) in [5, 5.41) is 2.81. The topological polar surface area (TPSA) is 84.5 Å².